The number of benzene rings is 2. The van der Waals surface area contributed by atoms with Crippen LogP contribution in [0.25, 0.3) is 16.6 Å². The van der Waals surface area contributed by atoms with Gasteiger partial charge in [0.15, 0.2) is 0 Å². The van der Waals surface area contributed by atoms with Crippen LogP contribution in [0.1, 0.15) is 18.9 Å². The van der Waals surface area contributed by atoms with Crippen molar-refractivity contribution in [1.29, 1.82) is 0 Å². The minimum atomic E-state index is -0.949. The Kier molecular flexibility index (Phi) is 3.60. The molecule has 0 aliphatic carbocycles. The van der Waals surface area contributed by atoms with Crippen LogP contribution in [0.4, 0.5) is 0 Å². The van der Waals surface area contributed by atoms with Gasteiger partial charge in [-0.2, -0.15) is 0 Å². The van der Waals surface area contributed by atoms with Gasteiger partial charge in [0.2, 0.25) is 0 Å². The molecule has 2 aromatic carbocycles. The van der Waals surface area contributed by atoms with Crippen molar-refractivity contribution in [1.82, 2.24) is 9.55 Å². The standard InChI is InChI=1S/C16H13ClN2O3/c1-9(20)15-18-14-8-12(21)6-7-13(14)16(22)19(15)11-4-2-10(17)3-5-11/h2-9,20-21H,1H3. The van der Waals surface area contributed by atoms with Gasteiger partial charge in [0.1, 0.15) is 17.7 Å². The summed E-state index contributed by atoms with van der Waals surface area (Å²) < 4.78 is 1.35. The van der Waals surface area contributed by atoms with Crippen LogP contribution in [-0.4, -0.2) is 19.8 Å². The highest BCUT2D eigenvalue weighted by Gasteiger charge is 2.16. The zero-order valence-corrected chi connectivity index (χ0v) is 12.4. The van der Waals surface area contributed by atoms with E-state index in [4.69, 9.17) is 11.6 Å². The topological polar surface area (TPSA) is 75.4 Å². The molecule has 0 saturated heterocycles. The molecule has 1 unspecified atom stereocenters. The van der Waals surface area contributed by atoms with Crippen LogP contribution >= 0.6 is 11.6 Å². The van der Waals surface area contributed by atoms with E-state index in [1.165, 1.54) is 29.7 Å². The number of phenolic OH excluding ortho intramolecular Hbond substituents is 1. The Hall–Kier alpha value is -2.37. The molecule has 1 atom stereocenters. The van der Waals surface area contributed by atoms with Gasteiger partial charge in [0, 0.05) is 11.1 Å². The number of halogens is 1. The highest BCUT2D eigenvalue weighted by Crippen LogP contribution is 2.21. The molecular weight excluding hydrogens is 304 g/mol. The number of rotatable bonds is 2. The Morgan fingerprint density at radius 1 is 1.18 bits per heavy atom. The number of aromatic nitrogens is 2. The van der Waals surface area contributed by atoms with Crippen molar-refractivity contribution in [3.05, 3.63) is 63.7 Å². The maximum absolute atomic E-state index is 12.7. The van der Waals surface area contributed by atoms with E-state index < -0.39 is 6.10 Å². The number of aliphatic hydroxyl groups is 1. The summed E-state index contributed by atoms with van der Waals surface area (Å²) in [5, 5.41) is 20.4. The maximum atomic E-state index is 12.7. The van der Waals surface area contributed by atoms with Gasteiger partial charge >= 0.3 is 0 Å². The smallest absolute Gasteiger partial charge is 0.266 e. The van der Waals surface area contributed by atoms with E-state index in [2.05, 4.69) is 4.98 Å². The third-order valence-electron chi connectivity index (χ3n) is 3.34. The molecule has 1 aromatic heterocycles. The average Bonchev–Trinajstić information content (AvgIpc) is 2.48. The molecule has 0 saturated carbocycles. The van der Waals surface area contributed by atoms with Gasteiger partial charge in [-0.05, 0) is 43.3 Å². The van der Waals surface area contributed by atoms with Gasteiger partial charge in [0.05, 0.1) is 16.6 Å². The van der Waals surface area contributed by atoms with Crippen molar-refractivity contribution >= 4 is 22.5 Å². The highest BCUT2D eigenvalue weighted by molar-refractivity contribution is 6.30. The number of phenols is 1. The number of aromatic hydroxyl groups is 1. The Morgan fingerprint density at radius 3 is 2.50 bits per heavy atom. The average molecular weight is 317 g/mol. The number of nitrogens with zero attached hydrogens (tertiary/aromatic N) is 2. The molecule has 0 fully saturated rings. The van der Waals surface area contributed by atoms with Crippen LogP contribution in [-0.2, 0) is 0 Å². The number of hydrogen-bond acceptors (Lipinski definition) is 4. The summed E-state index contributed by atoms with van der Waals surface area (Å²) in [6, 6.07) is 11.0. The summed E-state index contributed by atoms with van der Waals surface area (Å²) in [5.74, 6) is 0.214. The molecular formula is C16H13ClN2O3. The number of aliphatic hydroxyl groups excluding tert-OH is 1. The SMILES string of the molecule is CC(O)c1nc2cc(O)ccc2c(=O)n1-c1ccc(Cl)cc1. The molecule has 0 aliphatic rings. The largest absolute Gasteiger partial charge is 0.508 e. The molecule has 3 rings (SSSR count). The van der Waals surface area contributed by atoms with Crippen LogP contribution in [0.2, 0.25) is 5.02 Å². The van der Waals surface area contributed by atoms with Crippen LogP contribution in [0.15, 0.2) is 47.3 Å². The predicted octanol–water partition coefficient (Wildman–Crippen LogP) is 2.80. The maximum Gasteiger partial charge on any atom is 0.266 e. The predicted molar refractivity (Wildman–Crippen MR) is 84.6 cm³/mol. The quantitative estimate of drug-likeness (QED) is 0.762. The van der Waals surface area contributed by atoms with E-state index >= 15 is 0 Å². The van der Waals surface area contributed by atoms with E-state index in [-0.39, 0.29) is 17.1 Å². The zero-order valence-electron chi connectivity index (χ0n) is 11.7. The van der Waals surface area contributed by atoms with Gasteiger partial charge in [-0.25, -0.2) is 4.98 Å². The molecule has 0 amide bonds. The molecule has 5 nitrogen and oxygen atoms in total. The van der Waals surface area contributed by atoms with E-state index in [0.717, 1.165) is 0 Å². The molecule has 0 radical (unpaired) electrons. The molecule has 1 heterocycles. The second-order valence-corrected chi connectivity index (χ2v) is 5.40. The van der Waals surface area contributed by atoms with Crippen molar-refractivity contribution in [2.24, 2.45) is 0 Å². The van der Waals surface area contributed by atoms with Crippen LogP contribution in [0.5, 0.6) is 5.75 Å². The molecule has 6 heteroatoms. The second kappa shape index (κ2) is 5.44. The lowest BCUT2D eigenvalue weighted by atomic mass is 10.2. The fourth-order valence-electron chi connectivity index (χ4n) is 2.31. The first kappa shape index (κ1) is 14.6. The lowest BCUT2D eigenvalue weighted by Gasteiger charge is -2.15. The van der Waals surface area contributed by atoms with E-state index in [0.29, 0.717) is 21.6 Å². The van der Waals surface area contributed by atoms with Crippen molar-refractivity contribution in [2.75, 3.05) is 0 Å². The van der Waals surface area contributed by atoms with Crippen molar-refractivity contribution < 1.29 is 10.2 Å². The Balaban J connectivity index is 2.39. The van der Waals surface area contributed by atoms with Gasteiger partial charge < -0.3 is 10.2 Å². The molecule has 2 N–H and O–H groups in total. The lowest BCUT2D eigenvalue weighted by Crippen LogP contribution is -2.25. The lowest BCUT2D eigenvalue weighted by molar-refractivity contribution is 0.186. The Labute approximate surface area is 131 Å². The minimum Gasteiger partial charge on any atom is -0.508 e. The van der Waals surface area contributed by atoms with Crippen LogP contribution < -0.4 is 5.56 Å². The van der Waals surface area contributed by atoms with E-state index in [9.17, 15) is 15.0 Å². The Bertz CT molecular complexity index is 902. The molecule has 0 aliphatic heterocycles. The monoisotopic (exact) mass is 316 g/mol. The number of fused-ring (bicyclic) bond motifs is 1. The summed E-state index contributed by atoms with van der Waals surface area (Å²) >= 11 is 5.87. The summed E-state index contributed by atoms with van der Waals surface area (Å²) in [6.07, 6.45) is -0.949. The molecule has 22 heavy (non-hydrogen) atoms. The summed E-state index contributed by atoms with van der Waals surface area (Å²) in [7, 11) is 0. The third-order valence-corrected chi connectivity index (χ3v) is 3.59. The minimum absolute atomic E-state index is 0.0141. The molecule has 3 aromatic rings. The highest BCUT2D eigenvalue weighted by atomic mass is 35.5. The fraction of sp³-hybridized carbons (Fsp3) is 0.125. The molecule has 0 spiro atoms. The van der Waals surface area contributed by atoms with Gasteiger partial charge in [-0.15, -0.1) is 0 Å². The van der Waals surface area contributed by atoms with Gasteiger partial charge in [-0.1, -0.05) is 11.6 Å². The first-order valence-corrected chi connectivity index (χ1v) is 7.05. The Morgan fingerprint density at radius 2 is 1.86 bits per heavy atom. The van der Waals surface area contributed by atoms with Crippen LogP contribution in [0, 0.1) is 0 Å². The zero-order chi connectivity index (χ0) is 15.9. The third kappa shape index (κ3) is 2.45. The van der Waals surface area contributed by atoms with Crippen molar-refractivity contribution in [3.8, 4) is 11.4 Å². The fourth-order valence-corrected chi connectivity index (χ4v) is 2.44. The van der Waals surface area contributed by atoms with Crippen molar-refractivity contribution in [2.45, 2.75) is 13.0 Å². The summed E-state index contributed by atoms with van der Waals surface area (Å²) in [5.41, 5.74) is 0.585. The second-order valence-electron chi connectivity index (χ2n) is 4.96. The number of hydrogen-bond donors (Lipinski definition) is 2. The van der Waals surface area contributed by atoms with Gasteiger partial charge in [0.25, 0.3) is 5.56 Å². The first-order valence-electron chi connectivity index (χ1n) is 6.67. The molecule has 0 bridgehead atoms. The van der Waals surface area contributed by atoms with Crippen LogP contribution in [0.3, 0.4) is 0 Å². The van der Waals surface area contributed by atoms with Gasteiger partial charge in [-0.3, -0.25) is 9.36 Å². The van der Waals surface area contributed by atoms with E-state index in [1.807, 2.05) is 0 Å². The summed E-state index contributed by atoms with van der Waals surface area (Å²) in [4.78, 5) is 17.1. The van der Waals surface area contributed by atoms with E-state index in [1.54, 1.807) is 24.3 Å². The normalized spacial score (nSPS) is 12.5. The summed E-state index contributed by atoms with van der Waals surface area (Å²) in [6.45, 7) is 1.53. The molecule has 112 valence electrons. The van der Waals surface area contributed by atoms with Crippen molar-refractivity contribution in [3.63, 3.8) is 0 Å². The first-order chi connectivity index (χ1) is 10.5.